The number of carbonyl (C=O) groups is 1. The van der Waals surface area contributed by atoms with Gasteiger partial charge >= 0.3 is 0 Å². The van der Waals surface area contributed by atoms with Crippen molar-refractivity contribution in [2.75, 3.05) is 56.5 Å². The van der Waals surface area contributed by atoms with Gasteiger partial charge in [0, 0.05) is 45.0 Å². The van der Waals surface area contributed by atoms with Crippen LogP contribution in [0.3, 0.4) is 0 Å². The van der Waals surface area contributed by atoms with Crippen molar-refractivity contribution in [2.24, 2.45) is 0 Å². The first-order valence-electron chi connectivity index (χ1n) is 9.39. The van der Waals surface area contributed by atoms with Gasteiger partial charge < -0.3 is 15.5 Å². The summed E-state index contributed by atoms with van der Waals surface area (Å²) in [7, 11) is -3.59. The van der Waals surface area contributed by atoms with E-state index in [2.05, 4.69) is 21.6 Å². The third-order valence-electron chi connectivity index (χ3n) is 4.98. The van der Waals surface area contributed by atoms with Crippen LogP contribution in [-0.4, -0.2) is 70.2 Å². The number of anilines is 1. The molecule has 2 aliphatic heterocycles. The zero-order valence-electron chi connectivity index (χ0n) is 16.6. The smallest absolute Gasteiger partial charge is 0.236 e. The molecule has 164 valence electrons. The molecule has 0 spiro atoms. The van der Waals surface area contributed by atoms with Crippen molar-refractivity contribution >= 4 is 46.4 Å². The Balaban J connectivity index is 0.00000210. The summed E-state index contributed by atoms with van der Waals surface area (Å²) in [5.41, 5.74) is 3.44. The molecule has 0 radical (unpaired) electrons. The number of piperazine rings is 1. The minimum absolute atomic E-state index is 0. The lowest BCUT2D eigenvalue weighted by Gasteiger charge is -2.35. The molecule has 1 amide bonds. The summed E-state index contributed by atoms with van der Waals surface area (Å²) in [6, 6.07) is 8.20. The number of sulfonamides is 1. The van der Waals surface area contributed by atoms with E-state index in [1.54, 1.807) is 0 Å². The Morgan fingerprint density at radius 3 is 2.52 bits per heavy atom. The second kappa shape index (κ2) is 11.8. The number of hydrogen-bond donors (Lipinski definition) is 2. The highest BCUT2D eigenvalue weighted by atomic mass is 35.5. The maximum Gasteiger partial charge on any atom is 0.236 e. The van der Waals surface area contributed by atoms with Gasteiger partial charge in [0.15, 0.2) is 0 Å². The lowest BCUT2D eigenvalue weighted by atomic mass is 10.1. The maximum atomic E-state index is 12.6. The minimum Gasteiger partial charge on any atom is -0.369 e. The molecule has 0 aliphatic carbocycles. The van der Waals surface area contributed by atoms with E-state index < -0.39 is 21.7 Å². The molecule has 2 N–H and O–H groups in total. The fraction of sp³-hybridized carbons (Fsp3) is 0.526. The molecule has 1 fully saturated rings. The third kappa shape index (κ3) is 7.46. The molecule has 7 nitrogen and oxygen atoms in total. The van der Waals surface area contributed by atoms with Crippen molar-refractivity contribution in [1.82, 2.24) is 14.9 Å². The van der Waals surface area contributed by atoms with Crippen LogP contribution in [0.1, 0.15) is 12.0 Å². The molecule has 1 saturated heterocycles. The van der Waals surface area contributed by atoms with Crippen molar-refractivity contribution < 1.29 is 13.2 Å². The van der Waals surface area contributed by atoms with Gasteiger partial charge in [-0.25, -0.2) is 8.42 Å². The van der Waals surface area contributed by atoms with E-state index in [1.165, 1.54) is 9.87 Å². The van der Waals surface area contributed by atoms with Crippen molar-refractivity contribution in [3.8, 4) is 0 Å². The monoisotopic (exact) mass is 464 g/mol. The van der Waals surface area contributed by atoms with E-state index in [9.17, 15) is 13.2 Å². The molecule has 0 unspecified atom stereocenters. The maximum absolute atomic E-state index is 12.6. The number of nitrogens with zero attached hydrogens (tertiary/aromatic N) is 2. The summed E-state index contributed by atoms with van der Waals surface area (Å²) in [5.74, 6) is -0.918. The van der Waals surface area contributed by atoms with Crippen LogP contribution in [0.15, 0.2) is 35.9 Å². The standard InChI is InChI=1S/C19H28N4O3S.2ClH/c1-16-3-2-4-18(13-16)22-9-11-23(12-10-22)27(25,26)15-19(24)21-14-17-5-7-20-8-6-17;;/h2-5,13,20H,6-12,14-15H2,1H3,(H,21,24);2*1H. The summed E-state index contributed by atoms with van der Waals surface area (Å²) >= 11 is 0. The molecular formula is C19H30Cl2N4O3S. The molecule has 2 aliphatic rings. The second-order valence-electron chi connectivity index (χ2n) is 7.07. The Labute approximate surface area is 185 Å². The summed E-state index contributed by atoms with van der Waals surface area (Å²) in [5, 5.41) is 5.94. The van der Waals surface area contributed by atoms with Crippen molar-refractivity contribution in [2.45, 2.75) is 13.3 Å². The van der Waals surface area contributed by atoms with Crippen LogP contribution in [0.2, 0.25) is 0 Å². The molecule has 1 aromatic rings. The molecule has 0 atom stereocenters. The van der Waals surface area contributed by atoms with Gasteiger partial charge in [-0.15, -0.1) is 24.8 Å². The summed E-state index contributed by atoms with van der Waals surface area (Å²) in [6.45, 7) is 6.23. The highest BCUT2D eigenvalue weighted by Gasteiger charge is 2.29. The van der Waals surface area contributed by atoms with Gasteiger partial charge in [0.1, 0.15) is 5.75 Å². The Kier molecular flexibility index (Phi) is 10.4. The zero-order chi connectivity index (χ0) is 19.3. The second-order valence-corrected chi connectivity index (χ2v) is 9.04. The first kappa shape index (κ1) is 25.7. The zero-order valence-corrected chi connectivity index (χ0v) is 19.0. The molecule has 1 aromatic carbocycles. The van der Waals surface area contributed by atoms with Crippen molar-refractivity contribution in [3.63, 3.8) is 0 Å². The van der Waals surface area contributed by atoms with Gasteiger partial charge in [-0.3, -0.25) is 4.79 Å². The van der Waals surface area contributed by atoms with Gasteiger partial charge in [-0.2, -0.15) is 4.31 Å². The molecular weight excluding hydrogens is 435 g/mol. The number of hydrogen-bond acceptors (Lipinski definition) is 5. The highest BCUT2D eigenvalue weighted by Crippen LogP contribution is 2.19. The molecule has 0 aromatic heterocycles. The summed E-state index contributed by atoms with van der Waals surface area (Å²) in [4.78, 5) is 14.3. The quantitative estimate of drug-likeness (QED) is 0.620. The van der Waals surface area contributed by atoms with Crippen molar-refractivity contribution in [1.29, 1.82) is 0 Å². The average molecular weight is 465 g/mol. The molecule has 0 bridgehead atoms. The molecule has 0 saturated carbocycles. The number of amides is 1. The SMILES string of the molecule is Cc1cccc(N2CCN(S(=O)(=O)CC(=O)NCC3=CCNCC3)CC2)c1.Cl.Cl. The summed E-state index contributed by atoms with van der Waals surface area (Å²) < 4.78 is 26.6. The van der Waals surface area contributed by atoms with Crippen LogP contribution in [0.5, 0.6) is 0 Å². The average Bonchev–Trinajstić information content (AvgIpc) is 2.67. The number of rotatable bonds is 6. The Bertz CT molecular complexity index is 809. The first-order chi connectivity index (χ1) is 12.9. The lowest BCUT2D eigenvalue weighted by molar-refractivity contribution is -0.118. The third-order valence-corrected chi connectivity index (χ3v) is 6.76. The van der Waals surface area contributed by atoms with Gasteiger partial charge in [-0.1, -0.05) is 23.8 Å². The van der Waals surface area contributed by atoms with Crippen LogP contribution < -0.4 is 15.5 Å². The van der Waals surface area contributed by atoms with E-state index in [4.69, 9.17) is 0 Å². The topological polar surface area (TPSA) is 81.8 Å². The van der Waals surface area contributed by atoms with E-state index in [1.807, 2.05) is 31.2 Å². The van der Waals surface area contributed by atoms with Gasteiger partial charge in [-0.05, 0) is 37.6 Å². The van der Waals surface area contributed by atoms with E-state index in [0.29, 0.717) is 32.7 Å². The lowest BCUT2D eigenvalue weighted by Crippen LogP contribution is -2.50. The van der Waals surface area contributed by atoms with Crippen LogP contribution >= 0.6 is 24.8 Å². The van der Waals surface area contributed by atoms with Gasteiger partial charge in [0.05, 0.1) is 0 Å². The van der Waals surface area contributed by atoms with Crippen LogP contribution in [-0.2, 0) is 14.8 Å². The number of benzene rings is 1. The Hall–Kier alpha value is -1.32. The number of aryl methyl sites for hydroxylation is 1. The largest absolute Gasteiger partial charge is 0.369 e. The van der Waals surface area contributed by atoms with Gasteiger partial charge in [0.25, 0.3) is 0 Å². The predicted octanol–water partition coefficient (Wildman–Crippen LogP) is 1.33. The molecule has 2 heterocycles. The van der Waals surface area contributed by atoms with Crippen LogP contribution in [0.25, 0.3) is 0 Å². The fourth-order valence-corrected chi connectivity index (χ4v) is 4.73. The molecule has 10 heteroatoms. The van der Waals surface area contributed by atoms with Crippen LogP contribution in [0, 0.1) is 6.92 Å². The van der Waals surface area contributed by atoms with E-state index >= 15 is 0 Å². The van der Waals surface area contributed by atoms with Crippen LogP contribution in [0.4, 0.5) is 5.69 Å². The number of halogens is 2. The normalized spacial score (nSPS) is 17.6. The Morgan fingerprint density at radius 2 is 1.90 bits per heavy atom. The van der Waals surface area contributed by atoms with Gasteiger partial charge in [0.2, 0.25) is 15.9 Å². The van der Waals surface area contributed by atoms with E-state index in [0.717, 1.165) is 30.8 Å². The van der Waals surface area contributed by atoms with Crippen molar-refractivity contribution in [3.05, 3.63) is 41.5 Å². The highest BCUT2D eigenvalue weighted by molar-refractivity contribution is 7.89. The fourth-order valence-electron chi connectivity index (χ4n) is 3.40. The molecule has 3 rings (SSSR count). The number of carbonyl (C=O) groups excluding carboxylic acids is 1. The molecule has 29 heavy (non-hydrogen) atoms. The minimum atomic E-state index is -3.59. The first-order valence-corrected chi connectivity index (χ1v) is 11.0. The summed E-state index contributed by atoms with van der Waals surface area (Å²) in [6.07, 6.45) is 2.93. The predicted molar refractivity (Wildman–Crippen MR) is 122 cm³/mol. The van der Waals surface area contributed by atoms with E-state index in [-0.39, 0.29) is 24.8 Å². The number of nitrogens with one attached hydrogen (secondary N) is 2. The Morgan fingerprint density at radius 1 is 1.17 bits per heavy atom.